The van der Waals surface area contributed by atoms with Gasteiger partial charge in [0.05, 0.1) is 13.2 Å². The molecular formula is C14H22FNO2. The maximum Gasteiger partial charge on any atom is 0.127 e. The molecule has 1 rings (SSSR count). The Morgan fingerprint density at radius 2 is 2.06 bits per heavy atom. The van der Waals surface area contributed by atoms with Crippen molar-refractivity contribution in [1.29, 1.82) is 0 Å². The smallest absolute Gasteiger partial charge is 0.127 e. The Kier molecular flexibility index (Phi) is 6.86. The van der Waals surface area contributed by atoms with Gasteiger partial charge in [-0.15, -0.1) is 0 Å². The molecule has 0 fully saturated rings. The van der Waals surface area contributed by atoms with Crippen molar-refractivity contribution in [3.05, 3.63) is 35.1 Å². The lowest BCUT2D eigenvalue weighted by atomic mass is 10.0. The van der Waals surface area contributed by atoms with Crippen molar-refractivity contribution in [2.45, 2.75) is 19.4 Å². The third kappa shape index (κ3) is 4.72. The first kappa shape index (κ1) is 15.1. The molecule has 1 N–H and O–H groups in total. The molecule has 1 aromatic carbocycles. The second-order valence-electron chi connectivity index (χ2n) is 4.26. The molecule has 4 heteroatoms. The third-order valence-corrected chi connectivity index (χ3v) is 2.86. The molecule has 0 bridgehead atoms. The van der Waals surface area contributed by atoms with Gasteiger partial charge in [0.1, 0.15) is 5.82 Å². The van der Waals surface area contributed by atoms with Gasteiger partial charge < -0.3 is 14.8 Å². The lowest BCUT2D eigenvalue weighted by Crippen LogP contribution is -2.20. The minimum absolute atomic E-state index is 0.0209. The fraction of sp³-hybridized carbons (Fsp3) is 0.571. The zero-order valence-corrected chi connectivity index (χ0v) is 11.3. The lowest BCUT2D eigenvalue weighted by molar-refractivity contribution is 0.0659. The van der Waals surface area contributed by atoms with Crippen LogP contribution in [0.1, 0.15) is 23.6 Å². The molecule has 3 nitrogen and oxygen atoms in total. The van der Waals surface area contributed by atoms with Gasteiger partial charge in [-0.3, -0.25) is 0 Å². The molecule has 0 aromatic heterocycles. The first-order chi connectivity index (χ1) is 8.69. The first-order valence-electron chi connectivity index (χ1n) is 6.19. The van der Waals surface area contributed by atoms with Crippen molar-refractivity contribution in [3.8, 4) is 0 Å². The summed E-state index contributed by atoms with van der Waals surface area (Å²) in [5.74, 6) is -0.170. The second-order valence-corrected chi connectivity index (χ2v) is 4.26. The van der Waals surface area contributed by atoms with Crippen LogP contribution in [0.3, 0.4) is 0 Å². The van der Waals surface area contributed by atoms with E-state index in [1.54, 1.807) is 13.2 Å². The summed E-state index contributed by atoms with van der Waals surface area (Å²) >= 11 is 0. The van der Waals surface area contributed by atoms with Crippen LogP contribution >= 0.6 is 0 Å². The average Bonchev–Trinajstić information content (AvgIpc) is 2.37. The van der Waals surface area contributed by atoms with Crippen molar-refractivity contribution in [2.24, 2.45) is 0 Å². The Balaban J connectivity index is 2.52. The Morgan fingerprint density at radius 3 is 2.72 bits per heavy atom. The molecule has 0 aliphatic heterocycles. The van der Waals surface area contributed by atoms with Gasteiger partial charge >= 0.3 is 0 Å². The zero-order chi connectivity index (χ0) is 13.4. The maximum atomic E-state index is 13.7. The molecule has 0 spiro atoms. The largest absolute Gasteiger partial charge is 0.382 e. The van der Waals surface area contributed by atoms with Crippen LogP contribution in [0, 0.1) is 12.7 Å². The summed E-state index contributed by atoms with van der Waals surface area (Å²) in [6.45, 7) is 3.71. The normalized spacial score (nSPS) is 12.7. The highest BCUT2D eigenvalue weighted by atomic mass is 19.1. The standard InChI is InChI=1S/C14H22FNO2/c1-11-4-5-13(15)12(10-11)14(16-2)6-7-18-9-8-17-3/h4-5,10,14,16H,6-9H2,1-3H3. The van der Waals surface area contributed by atoms with Crippen LogP contribution in [0.5, 0.6) is 0 Å². The number of benzene rings is 1. The molecule has 0 saturated heterocycles. The van der Waals surface area contributed by atoms with Crippen LogP contribution < -0.4 is 5.32 Å². The summed E-state index contributed by atoms with van der Waals surface area (Å²) in [7, 11) is 3.48. The molecule has 0 heterocycles. The lowest BCUT2D eigenvalue weighted by Gasteiger charge is -2.18. The Hall–Kier alpha value is -0.970. The molecule has 0 amide bonds. The van der Waals surface area contributed by atoms with E-state index in [1.165, 1.54) is 6.07 Å². The van der Waals surface area contributed by atoms with Gasteiger partial charge in [0.2, 0.25) is 0 Å². The van der Waals surface area contributed by atoms with Crippen LogP contribution in [0.2, 0.25) is 0 Å². The minimum Gasteiger partial charge on any atom is -0.382 e. The maximum absolute atomic E-state index is 13.7. The van der Waals surface area contributed by atoms with E-state index in [4.69, 9.17) is 9.47 Å². The van der Waals surface area contributed by atoms with Crippen LogP contribution in [-0.2, 0) is 9.47 Å². The highest BCUT2D eigenvalue weighted by molar-refractivity contribution is 5.26. The second kappa shape index (κ2) is 8.19. The number of hydrogen-bond acceptors (Lipinski definition) is 3. The highest BCUT2D eigenvalue weighted by Gasteiger charge is 2.13. The van der Waals surface area contributed by atoms with E-state index in [0.29, 0.717) is 25.4 Å². The van der Waals surface area contributed by atoms with Gasteiger partial charge in [-0.2, -0.15) is 0 Å². The number of methoxy groups -OCH3 is 1. The van der Waals surface area contributed by atoms with Gasteiger partial charge in [-0.25, -0.2) is 4.39 Å². The fourth-order valence-corrected chi connectivity index (χ4v) is 1.83. The van der Waals surface area contributed by atoms with Gasteiger partial charge in [0, 0.05) is 25.3 Å². The number of halogens is 1. The molecular weight excluding hydrogens is 233 g/mol. The van der Waals surface area contributed by atoms with Crippen molar-refractivity contribution in [2.75, 3.05) is 34.0 Å². The molecule has 102 valence electrons. The van der Waals surface area contributed by atoms with Gasteiger partial charge in [-0.05, 0) is 26.5 Å². The minimum atomic E-state index is -0.170. The molecule has 0 aliphatic rings. The number of aryl methyl sites for hydroxylation is 1. The topological polar surface area (TPSA) is 30.5 Å². The van der Waals surface area contributed by atoms with Gasteiger partial charge in [0.15, 0.2) is 0 Å². The van der Waals surface area contributed by atoms with Crippen molar-refractivity contribution in [1.82, 2.24) is 5.32 Å². The molecule has 0 saturated carbocycles. The number of nitrogens with one attached hydrogen (secondary N) is 1. The average molecular weight is 255 g/mol. The zero-order valence-electron chi connectivity index (χ0n) is 11.3. The third-order valence-electron chi connectivity index (χ3n) is 2.86. The predicted molar refractivity (Wildman–Crippen MR) is 70.2 cm³/mol. The Bertz CT molecular complexity index is 358. The molecule has 1 unspecified atom stereocenters. The molecule has 0 aliphatic carbocycles. The van der Waals surface area contributed by atoms with Crippen molar-refractivity contribution in [3.63, 3.8) is 0 Å². The van der Waals surface area contributed by atoms with E-state index in [0.717, 1.165) is 12.0 Å². The van der Waals surface area contributed by atoms with Gasteiger partial charge in [-0.1, -0.05) is 17.7 Å². The summed E-state index contributed by atoms with van der Waals surface area (Å²) in [6, 6.07) is 5.15. The number of ether oxygens (including phenoxy) is 2. The van der Waals surface area contributed by atoms with E-state index in [1.807, 2.05) is 20.0 Å². The number of hydrogen-bond donors (Lipinski definition) is 1. The quantitative estimate of drug-likeness (QED) is 0.724. The van der Waals surface area contributed by atoms with Crippen molar-refractivity contribution < 1.29 is 13.9 Å². The van der Waals surface area contributed by atoms with E-state index < -0.39 is 0 Å². The van der Waals surface area contributed by atoms with Gasteiger partial charge in [0.25, 0.3) is 0 Å². The highest BCUT2D eigenvalue weighted by Crippen LogP contribution is 2.21. The van der Waals surface area contributed by atoms with Crippen LogP contribution in [-0.4, -0.2) is 34.0 Å². The Morgan fingerprint density at radius 1 is 1.28 bits per heavy atom. The van der Waals surface area contributed by atoms with Crippen LogP contribution in [0.4, 0.5) is 4.39 Å². The number of rotatable bonds is 8. The summed E-state index contributed by atoms with van der Waals surface area (Å²) in [4.78, 5) is 0. The monoisotopic (exact) mass is 255 g/mol. The first-order valence-corrected chi connectivity index (χ1v) is 6.19. The fourth-order valence-electron chi connectivity index (χ4n) is 1.83. The van der Waals surface area contributed by atoms with E-state index >= 15 is 0 Å². The Labute approximate surface area is 108 Å². The molecule has 1 atom stereocenters. The van der Waals surface area contributed by atoms with E-state index in [-0.39, 0.29) is 11.9 Å². The molecule has 0 radical (unpaired) electrons. The predicted octanol–water partition coefficient (Wildman–Crippen LogP) is 2.45. The summed E-state index contributed by atoms with van der Waals surface area (Å²) in [5, 5.41) is 3.13. The summed E-state index contributed by atoms with van der Waals surface area (Å²) in [5.41, 5.74) is 1.76. The molecule has 1 aromatic rings. The van der Waals surface area contributed by atoms with Crippen LogP contribution in [0.15, 0.2) is 18.2 Å². The SMILES string of the molecule is CNC(CCOCCOC)c1cc(C)ccc1F. The molecule has 18 heavy (non-hydrogen) atoms. The van der Waals surface area contributed by atoms with E-state index in [9.17, 15) is 4.39 Å². The van der Waals surface area contributed by atoms with Crippen molar-refractivity contribution >= 4 is 0 Å². The van der Waals surface area contributed by atoms with Crippen LogP contribution in [0.25, 0.3) is 0 Å². The van der Waals surface area contributed by atoms with E-state index in [2.05, 4.69) is 5.32 Å². The summed E-state index contributed by atoms with van der Waals surface area (Å²) in [6.07, 6.45) is 0.737. The summed E-state index contributed by atoms with van der Waals surface area (Å²) < 4.78 is 24.0.